The average molecular weight is 333 g/mol. The van der Waals surface area contributed by atoms with Crippen LogP contribution in [0.3, 0.4) is 0 Å². The highest BCUT2D eigenvalue weighted by Gasteiger charge is 2.35. The number of carbonyl (C=O) groups is 1. The third-order valence-electron chi connectivity index (χ3n) is 4.62. The van der Waals surface area contributed by atoms with Crippen LogP contribution in [0.15, 0.2) is 59.1 Å². The van der Waals surface area contributed by atoms with Gasteiger partial charge in [-0.05, 0) is 30.2 Å². The van der Waals surface area contributed by atoms with Crippen LogP contribution in [0.2, 0.25) is 0 Å². The van der Waals surface area contributed by atoms with Crippen LogP contribution in [0.25, 0.3) is 11.5 Å². The Bertz CT molecular complexity index is 889. The second-order valence-corrected chi connectivity index (χ2v) is 6.21. The van der Waals surface area contributed by atoms with E-state index < -0.39 is 0 Å². The molecule has 0 bridgehead atoms. The van der Waals surface area contributed by atoms with Crippen molar-refractivity contribution < 1.29 is 9.32 Å². The Labute approximate surface area is 146 Å². The molecule has 3 aromatic rings. The van der Waals surface area contributed by atoms with E-state index in [0.29, 0.717) is 24.7 Å². The molecule has 1 atom stereocenters. The van der Waals surface area contributed by atoms with Crippen LogP contribution in [0.5, 0.6) is 0 Å². The number of anilines is 1. The fourth-order valence-electron chi connectivity index (χ4n) is 3.29. The Kier molecular flexibility index (Phi) is 4.06. The van der Waals surface area contributed by atoms with Gasteiger partial charge >= 0.3 is 0 Å². The van der Waals surface area contributed by atoms with E-state index >= 15 is 0 Å². The maximum absolute atomic E-state index is 12.5. The first kappa shape index (κ1) is 15.6. The lowest BCUT2D eigenvalue weighted by molar-refractivity contribution is -0.117. The van der Waals surface area contributed by atoms with Crippen LogP contribution >= 0.6 is 0 Å². The molecule has 0 aliphatic carbocycles. The summed E-state index contributed by atoms with van der Waals surface area (Å²) in [6.45, 7) is 2.69. The fourth-order valence-corrected chi connectivity index (χ4v) is 3.29. The van der Waals surface area contributed by atoms with Gasteiger partial charge in [-0.3, -0.25) is 4.79 Å². The topological polar surface area (TPSA) is 59.2 Å². The van der Waals surface area contributed by atoms with Crippen molar-refractivity contribution in [2.45, 2.75) is 25.7 Å². The Morgan fingerprint density at radius 3 is 2.68 bits per heavy atom. The van der Waals surface area contributed by atoms with Crippen LogP contribution in [0.1, 0.15) is 30.7 Å². The lowest BCUT2D eigenvalue weighted by Gasteiger charge is -2.19. The van der Waals surface area contributed by atoms with Gasteiger partial charge in [0.15, 0.2) is 5.82 Å². The van der Waals surface area contributed by atoms with Gasteiger partial charge in [0.1, 0.15) is 0 Å². The lowest BCUT2D eigenvalue weighted by Crippen LogP contribution is -2.25. The number of hydrogen-bond acceptors (Lipinski definition) is 4. The van der Waals surface area contributed by atoms with Crippen molar-refractivity contribution >= 4 is 11.6 Å². The highest BCUT2D eigenvalue weighted by molar-refractivity contribution is 5.97. The minimum absolute atomic E-state index is 0.0429. The minimum atomic E-state index is -0.0429. The number of hydrogen-bond donors (Lipinski definition) is 0. The molecular weight excluding hydrogens is 314 g/mol. The van der Waals surface area contributed by atoms with Crippen LogP contribution in [0.4, 0.5) is 5.69 Å². The second-order valence-electron chi connectivity index (χ2n) is 6.21. The summed E-state index contributed by atoms with van der Waals surface area (Å²) >= 11 is 0. The monoisotopic (exact) mass is 333 g/mol. The third-order valence-corrected chi connectivity index (χ3v) is 4.62. The third kappa shape index (κ3) is 2.93. The predicted molar refractivity (Wildman–Crippen MR) is 95.3 cm³/mol. The van der Waals surface area contributed by atoms with E-state index in [1.807, 2.05) is 53.4 Å². The molecular formula is C20H19N3O2. The molecule has 25 heavy (non-hydrogen) atoms. The Hall–Kier alpha value is -2.95. The summed E-state index contributed by atoms with van der Waals surface area (Å²) in [6.07, 6.45) is 1.30. The summed E-state index contributed by atoms with van der Waals surface area (Å²) in [7, 11) is 0. The Morgan fingerprint density at radius 1 is 1.12 bits per heavy atom. The summed E-state index contributed by atoms with van der Waals surface area (Å²) in [5.41, 5.74) is 3.05. The summed E-state index contributed by atoms with van der Waals surface area (Å²) in [6, 6.07) is 17.7. The maximum Gasteiger partial charge on any atom is 0.257 e. The number of amides is 1. The van der Waals surface area contributed by atoms with Crippen LogP contribution in [-0.4, -0.2) is 22.6 Å². The smallest absolute Gasteiger partial charge is 0.257 e. The van der Waals surface area contributed by atoms with Crippen LogP contribution < -0.4 is 4.90 Å². The minimum Gasteiger partial charge on any atom is -0.334 e. The highest BCUT2D eigenvalue weighted by atomic mass is 16.5. The van der Waals surface area contributed by atoms with E-state index in [9.17, 15) is 4.79 Å². The number of aromatic nitrogens is 2. The van der Waals surface area contributed by atoms with Crippen molar-refractivity contribution in [3.05, 3.63) is 66.0 Å². The van der Waals surface area contributed by atoms with Crippen molar-refractivity contribution in [2.75, 3.05) is 11.4 Å². The standard InChI is InChI=1S/C20H19N3O2/c1-2-14-8-6-7-11-17(14)23-13-16(12-18(23)24)19-21-20(25-22-19)15-9-4-3-5-10-15/h3-11,16H,2,12-13H2,1H3. The molecule has 5 heteroatoms. The Morgan fingerprint density at radius 2 is 1.88 bits per heavy atom. The van der Waals surface area contributed by atoms with Gasteiger partial charge in [-0.1, -0.05) is 48.5 Å². The molecule has 5 nitrogen and oxygen atoms in total. The van der Waals surface area contributed by atoms with Gasteiger partial charge in [0.2, 0.25) is 5.91 Å². The zero-order chi connectivity index (χ0) is 17.2. The molecule has 0 spiro atoms. The van der Waals surface area contributed by atoms with E-state index in [1.165, 1.54) is 5.56 Å². The van der Waals surface area contributed by atoms with Crippen molar-refractivity contribution in [1.29, 1.82) is 0 Å². The molecule has 1 fully saturated rings. The van der Waals surface area contributed by atoms with Crippen molar-refractivity contribution in [3.63, 3.8) is 0 Å². The van der Waals surface area contributed by atoms with Gasteiger partial charge in [-0.2, -0.15) is 4.98 Å². The first-order valence-electron chi connectivity index (χ1n) is 8.53. The molecule has 4 rings (SSSR count). The van der Waals surface area contributed by atoms with Gasteiger partial charge in [0.05, 0.1) is 0 Å². The largest absolute Gasteiger partial charge is 0.334 e. The summed E-state index contributed by atoms with van der Waals surface area (Å²) in [5.74, 6) is 1.16. The van der Waals surface area contributed by atoms with Crippen LogP contribution in [0, 0.1) is 0 Å². The second kappa shape index (κ2) is 6.51. The Balaban J connectivity index is 1.58. The number of rotatable bonds is 4. The highest BCUT2D eigenvalue weighted by Crippen LogP contribution is 2.33. The number of para-hydroxylation sites is 1. The van der Waals surface area contributed by atoms with Gasteiger partial charge in [0.25, 0.3) is 5.89 Å². The number of carbonyl (C=O) groups excluding carboxylic acids is 1. The molecule has 1 aliphatic heterocycles. The number of nitrogens with zero attached hydrogens (tertiary/aromatic N) is 3. The molecule has 0 N–H and O–H groups in total. The SMILES string of the molecule is CCc1ccccc1N1CC(c2noc(-c3ccccc3)n2)CC1=O. The van der Waals surface area contributed by atoms with Crippen molar-refractivity contribution in [3.8, 4) is 11.5 Å². The molecule has 1 saturated heterocycles. The maximum atomic E-state index is 12.5. The first-order valence-corrected chi connectivity index (χ1v) is 8.53. The zero-order valence-corrected chi connectivity index (χ0v) is 14.1. The molecule has 2 heterocycles. The summed E-state index contributed by atoms with van der Waals surface area (Å²) in [4.78, 5) is 18.9. The predicted octanol–water partition coefficient (Wildman–Crippen LogP) is 3.82. The van der Waals surface area contributed by atoms with Gasteiger partial charge in [-0.25, -0.2) is 0 Å². The first-order chi connectivity index (χ1) is 12.3. The molecule has 126 valence electrons. The van der Waals surface area contributed by atoms with Gasteiger partial charge in [-0.15, -0.1) is 0 Å². The average Bonchev–Trinajstić information content (AvgIpc) is 3.29. The normalized spacial score (nSPS) is 17.2. The molecule has 1 unspecified atom stereocenters. The molecule has 1 amide bonds. The van der Waals surface area contributed by atoms with E-state index in [1.54, 1.807) is 0 Å². The van der Waals surface area contributed by atoms with E-state index in [0.717, 1.165) is 17.7 Å². The number of benzene rings is 2. The molecule has 2 aromatic carbocycles. The molecule has 0 radical (unpaired) electrons. The van der Waals surface area contributed by atoms with Crippen LogP contribution in [-0.2, 0) is 11.2 Å². The van der Waals surface area contributed by atoms with E-state index in [-0.39, 0.29) is 11.8 Å². The summed E-state index contributed by atoms with van der Waals surface area (Å²) < 4.78 is 5.39. The fraction of sp³-hybridized carbons (Fsp3) is 0.250. The van der Waals surface area contributed by atoms with Crippen molar-refractivity contribution in [1.82, 2.24) is 10.1 Å². The summed E-state index contributed by atoms with van der Waals surface area (Å²) in [5, 5.41) is 4.11. The lowest BCUT2D eigenvalue weighted by atomic mass is 10.1. The molecule has 0 saturated carbocycles. The zero-order valence-electron chi connectivity index (χ0n) is 14.1. The molecule has 1 aliphatic rings. The van der Waals surface area contributed by atoms with E-state index in [4.69, 9.17) is 4.52 Å². The van der Waals surface area contributed by atoms with E-state index in [2.05, 4.69) is 23.1 Å². The van der Waals surface area contributed by atoms with Gasteiger partial charge < -0.3 is 9.42 Å². The quantitative estimate of drug-likeness (QED) is 0.728. The molecule has 1 aromatic heterocycles. The van der Waals surface area contributed by atoms with Gasteiger partial charge in [0, 0.05) is 30.1 Å². The number of aryl methyl sites for hydroxylation is 1. The van der Waals surface area contributed by atoms with Crippen molar-refractivity contribution in [2.24, 2.45) is 0 Å².